The average Bonchev–Trinajstić information content (AvgIpc) is 2.53. The molecular weight excluding hydrogens is 298 g/mol. The summed E-state index contributed by atoms with van der Waals surface area (Å²) in [6.45, 7) is 0.0358. The maximum Gasteiger partial charge on any atom is 0.220 e. The Kier molecular flexibility index (Phi) is 6.44. The van der Waals surface area contributed by atoms with Crippen LogP contribution in [0.25, 0.3) is 0 Å². The summed E-state index contributed by atoms with van der Waals surface area (Å²) in [6, 6.07) is 17.1. The van der Waals surface area contributed by atoms with E-state index in [9.17, 15) is 9.90 Å². The Balaban J connectivity index is 1.91. The van der Waals surface area contributed by atoms with Crippen molar-refractivity contribution in [3.8, 4) is 0 Å². The van der Waals surface area contributed by atoms with Crippen molar-refractivity contribution in [1.29, 1.82) is 0 Å². The summed E-state index contributed by atoms with van der Waals surface area (Å²) in [5.41, 5.74) is 2.05. The third kappa shape index (κ3) is 5.17. The van der Waals surface area contributed by atoms with Crippen molar-refractivity contribution in [2.75, 3.05) is 6.61 Å². The van der Waals surface area contributed by atoms with Gasteiger partial charge in [0, 0.05) is 18.1 Å². The summed E-state index contributed by atoms with van der Waals surface area (Å²) < 4.78 is 0. The van der Waals surface area contributed by atoms with Crippen molar-refractivity contribution in [1.82, 2.24) is 5.32 Å². The summed E-state index contributed by atoms with van der Waals surface area (Å²) in [6.07, 6.45) is 1.55. The van der Waals surface area contributed by atoms with Gasteiger partial charge in [-0.2, -0.15) is 0 Å². The summed E-state index contributed by atoms with van der Waals surface area (Å²) >= 11 is 5.94. The number of carbonyl (C=O) groups excluding carboxylic acids is 1. The Labute approximate surface area is 135 Å². The molecule has 116 valence electrons. The van der Waals surface area contributed by atoms with Gasteiger partial charge in [-0.15, -0.1) is 0 Å². The minimum absolute atomic E-state index is 0.0257. The van der Waals surface area contributed by atoms with Crippen molar-refractivity contribution >= 4 is 17.5 Å². The first-order valence-corrected chi connectivity index (χ1v) is 7.76. The summed E-state index contributed by atoms with van der Waals surface area (Å²) in [5.74, 6) is -0.0257. The third-order valence-corrected chi connectivity index (χ3v) is 3.72. The molecular formula is C18H20ClNO2. The van der Waals surface area contributed by atoms with Crippen molar-refractivity contribution < 1.29 is 9.90 Å². The molecule has 2 aromatic carbocycles. The molecule has 0 radical (unpaired) electrons. The highest BCUT2D eigenvalue weighted by Gasteiger charge is 2.13. The maximum atomic E-state index is 12.1. The average molecular weight is 318 g/mol. The molecule has 2 rings (SSSR count). The van der Waals surface area contributed by atoms with E-state index in [1.807, 2.05) is 54.6 Å². The van der Waals surface area contributed by atoms with Gasteiger partial charge in [-0.1, -0.05) is 54.1 Å². The molecule has 0 aliphatic rings. The van der Waals surface area contributed by atoms with Gasteiger partial charge in [-0.05, 0) is 36.1 Å². The zero-order chi connectivity index (χ0) is 15.8. The largest absolute Gasteiger partial charge is 0.396 e. The molecule has 1 amide bonds. The lowest BCUT2D eigenvalue weighted by Gasteiger charge is -2.18. The van der Waals surface area contributed by atoms with Gasteiger partial charge < -0.3 is 10.4 Å². The van der Waals surface area contributed by atoms with Crippen LogP contribution in [0, 0.1) is 0 Å². The third-order valence-electron chi connectivity index (χ3n) is 3.48. The lowest BCUT2D eigenvalue weighted by molar-refractivity contribution is -0.121. The highest BCUT2D eigenvalue weighted by Crippen LogP contribution is 2.17. The molecule has 2 N–H and O–H groups in total. The lowest BCUT2D eigenvalue weighted by atomic mass is 10.0. The SMILES string of the molecule is O=C(CCc1cccc(Cl)c1)NC(CCO)c1ccccc1. The van der Waals surface area contributed by atoms with Crippen molar-refractivity contribution in [3.63, 3.8) is 0 Å². The highest BCUT2D eigenvalue weighted by atomic mass is 35.5. The predicted octanol–water partition coefficient (Wildman–Crippen LogP) is 3.51. The molecule has 0 spiro atoms. The fourth-order valence-corrected chi connectivity index (χ4v) is 2.57. The Morgan fingerprint density at radius 1 is 1.14 bits per heavy atom. The second-order valence-electron chi connectivity index (χ2n) is 5.17. The van der Waals surface area contributed by atoms with E-state index in [-0.39, 0.29) is 18.6 Å². The zero-order valence-electron chi connectivity index (χ0n) is 12.3. The van der Waals surface area contributed by atoms with E-state index < -0.39 is 0 Å². The Morgan fingerprint density at radius 3 is 2.59 bits per heavy atom. The van der Waals surface area contributed by atoms with E-state index in [0.29, 0.717) is 24.3 Å². The smallest absolute Gasteiger partial charge is 0.220 e. The lowest BCUT2D eigenvalue weighted by Crippen LogP contribution is -2.29. The van der Waals surface area contributed by atoms with Gasteiger partial charge in [-0.3, -0.25) is 4.79 Å². The number of hydrogen-bond donors (Lipinski definition) is 2. The fraction of sp³-hybridized carbons (Fsp3) is 0.278. The second-order valence-corrected chi connectivity index (χ2v) is 5.61. The molecule has 0 saturated heterocycles. The molecule has 0 bridgehead atoms. The second kappa shape index (κ2) is 8.57. The molecule has 2 aromatic rings. The molecule has 1 unspecified atom stereocenters. The van der Waals surface area contributed by atoms with Crippen LogP contribution in [0.15, 0.2) is 54.6 Å². The predicted molar refractivity (Wildman–Crippen MR) is 88.8 cm³/mol. The zero-order valence-corrected chi connectivity index (χ0v) is 13.1. The number of aliphatic hydroxyl groups excluding tert-OH is 1. The standard InChI is InChI=1S/C18H20ClNO2/c19-16-8-4-5-14(13-16)9-10-18(22)20-17(11-12-21)15-6-2-1-3-7-15/h1-8,13,17,21H,9-12H2,(H,20,22). The molecule has 22 heavy (non-hydrogen) atoms. The van der Waals surface area contributed by atoms with E-state index in [4.69, 9.17) is 11.6 Å². The highest BCUT2D eigenvalue weighted by molar-refractivity contribution is 6.30. The van der Waals surface area contributed by atoms with Gasteiger partial charge in [0.1, 0.15) is 0 Å². The first-order chi connectivity index (χ1) is 10.7. The monoisotopic (exact) mass is 317 g/mol. The molecule has 0 aromatic heterocycles. The van der Waals surface area contributed by atoms with Crippen LogP contribution < -0.4 is 5.32 Å². The van der Waals surface area contributed by atoms with Crippen LogP contribution >= 0.6 is 11.6 Å². The fourth-order valence-electron chi connectivity index (χ4n) is 2.35. The minimum Gasteiger partial charge on any atom is -0.396 e. The molecule has 1 atom stereocenters. The summed E-state index contributed by atoms with van der Waals surface area (Å²) in [7, 11) is 0. The Morgan fingerprint density at radius 2 is 1.91 bits per heavy atom. The molecule has 0 aliphatic carbocycles. The number of amides is 1. The number of hydrogen-bond acceptors (Lipinski definition) is 2. The normalized spacial score (nSPS) is 11.9. The summed E-state index contributed by atoms with van der Waals surface area (Å²) in [5, 5.41) is 12.9. The van der Waals surface area contributed by atoms with Gasteiger partial charge in [0.05, 0.1) is 6.04 Å². The van der Waals surface area contributed by atoms with E-state index in [0.717, 1.165) is 11.1 Å². The van der Waals surface area contributed by atoms with Crippen LogP contribution in [0.3, 0.4) is 0 Å². The number of carbonyl (C=O) groups is 1. The summed E-state index contributed by atoms with van der Waals surface area (Å²) in [4.78, 5) is 12.1. The van der Waals surface area contributed by atoms with Crippen LogP contribution in [0.4, 0.5) is 0 Å². The number of rotatable bonds is 7. The molecule has 3 nitrogen and oxygen atoms in total. The van der Waals surface area contributed by atoms with Gasteiger partial charge in [0.2, 0.25) is 5.91 Å². The Hall–Kier alpha value is -1.84. The molecule has 4 heteroatoms. The van der Waals surface area contributed by atoms with Crippen LogP contribution in [0.5, 0.6) is 0 Å². The first kappa shape index (κ1) is 16.5. The van der Waals surface area contributed by atoms with Crippen molar-refractivity contribution in [3.05, 3.63) is 70.7 Å². The molecule has 0 heterocycles. The molecule has 0 aliphatic heterocycles. The van der Waals surface area contributed by atoms with E-state index >= 15 is 0 Å². The van der Waals surface area contributed by atoms with Crippen molar-refractivity contribution in [2.45, 2.75) is 25.3 Å². The quantitative estimate of drug-likeness (QED) is 0.821. The number of aliphatic hydroxyl groups is 1. The number of benzene rings is 2. The number of aryl methyl sites for hydroxylation is 1. The van der Waals surface area contributed by atoms with E-state index in [2.05, 4.69) is 5.32 Å². The number of nitrogens with one attached hydrogen (secondary N) is 1. The van der Waals surface area contributed by atoms with Crippen LogP contribution in [-0.2, 0) is 11.2 Å². The molecule has 0 saturated carbocycles. The van der Waals surface area contributed by atoms with Gasteiger partial charge >= 0.3 is 0 Å². The van der Waals surface area contributed by atoms with Crippen LogP contribution in [-0.4, -0.2) is 17.6 Å². The van der Waals surface area contributed by atoms with Crippen molar-refractivity contribution in [2.24, 2.45) is 0 Å². The van der Waals surface area contributed by atoms with Gasteiger partial charge in [0.25, 0.3) is 0 Å². The minimum atomic E-state index is -0.155. The Bertz CT molecular complexity index is 601. The number of halogens is 1. The topological polar surface area (TPSA) is 49.3 Å². The van der Waals surface area contributed by atoms with Crippen LogP contribution in [0.2, 0.25) is 5.02 Å². The van der Waals surface area contributed by atoms with Gasteiger partial charge in [0.15, 0.2) is 0 Å². The maximum absolute atomic E-state index is 12.1. The van der Waals surface area contributed by atoms with E-state index in [1.165, 1.54) is 0 Å². The van der Waals surface area contributed by atoms with E-state index in [1.54, 1.807) is 0 Å². The first-order valence-electron chi connectivity index (χ1n) is 7.38. The van der Waals surface area contributed by atoms with Crippen LogP contribution in [0.1, 0.15) is 30.0 Å². The molecule has 0 fully saturated rings. The van der Waals surface area contributed by atoms with Gasteiger partial charge in [-0.25, -0.2) is 0 Å².